The number of hydrogen-bond donors (Lipinski definition) is 1. The standard InChI is InChI=1S/C16H28N2OS/c1-5-10-17-11-13-12-18-14(20-13)16(19-4)8-6-15(2,3)7-9-16/h12,17H,5-11H2,1-4H3. The molecule has 20 heavy (non-hydrogen) atoms. The number of methoxy groups -OCH3 is 1. The van der Waals surface area contributed by atoms with Gasteiger partial charge in [0, 0.05) is 24.7 Å². The van der Waals surface area contributed by atoms with E-state index in [0.29, 0.717) is 5.41 Å². The molecular weight excluding hydrogens is 268 g/mol. The van der Waals surface area contributed by atoms with Crippen LogP contribution in [0.4, 0.5) is 0 Å². The van der Waals surface area contributed by atoms with Crippen molar-refractivity contribution in [2.75, 3.05) is 13.7 Å². The summed E-state index contributed by atoms with van der Waals surface area (Å²) in [4.78, 5) is 5.98. The van der Waals surface area contributed by atoms with Crippen LogP contribution in [-0.2, 0) is 16.9 Å². The van der Waals surface area contributed by atoms with Crippen molar-refractivity contribution in [2.45, 2.75) is 65.0 Å². The molecule has 1 aromatic rings. The molecule has 0 aliphatic heterocycles. The zero-order chi connectivity index (χ0) is 14.6. The van der Waals surface area contributed by atoms with E-state index in [1.54, 1.807) is 0 Å². The lowest BCUT2D eigenvalue weighted by atomic mass is 9.71. The fourth-order valence-corrected chi connectivity index (χ4v) is 3.93. The summed E-state index contributed by atoms with van der Waals surface area (Å²) in [5.74, 6) is 0. The molecule has 1 aromatic heterocycles. The molecule has 0 amide bonds. The molecular formula is C16H28N2OS. The van der Waals surface area contributed by atoms with E-state index in [1.807, 2.05) is 24.6 Å². The molecule has 1 saturated carbocycles. The van der Waals surface area contributed by atoms with Crippen molar-refractivity contribution in [1.82, 2.24) is 10.3 Å². The SMILES string of the molecule is CCCNCc1cnc(C2(OC)CCC(C)(C)CC2)s1. The van der Waals surface area contributed by atoms with E-state index in [-0.39, 0.29) is 5.60 Å². The fourth-order valence-electron chi connectivity index (χ4n) is 2.82. The van der Waals surface area contributed by atoms with Gasteiger partial charge in [0.2, 0.25) is 0 Å². The number of thiazole rings is 1. The summed E-state index contributed by atoms with van der Waals surface area (Å²) in [6, 6.07) is 0. The Morgan fingerprint density at radius 3 is 2.60 bits per heavy atom. The second kappa shape index (κ2) is 6.54. The summed E-state index contributed by atoms with van der Waals surface area (Å²) in [5.41, 5.74) is 0.313. The Hall–Kier alpha value is -0.450. The summed E-state index contributed by atoms with van der Waals surface area (Å²) in [6.07, 6.45) is 7.79. The molecule has 0 atom stereocenters. The average Bonchev–Trinajstić information content (AvgIpc) is 2.89. The molecule has 0 unspecified atom stereocenters. The van der Waals surface area contributed by atoms with Crippen LogP contribution in [-0.4, -0.2) is 18.6 Å². The fraction of sp³-hybridized carbons (Fsp3) is 0.812. The lowest BCUT2D eigenvalue weighted by Gasteiger charge is -2.41. The van der Waals surface area contributed by atoms with E-state index in [9.17, 15) is 0 Å². The third-order valence-corrected chi connectivity index (χ3v) is 5.65. The van der Waals surface area contributed by atoms with Crippen molar-refractivity contribution >= 4 is 11.3 Å². The third kappa shape index (κ3) is 3.60. The maximum atomic E-state index is 5.92. The average molecular weight is 296 g/mol. The van der Waals surface area contributed by atoms with Gasteiger partial charge in [-0.05, 0) is 44.1 Å². The minimum Gasteiger partial charge on any atom is -0.371 e. The molecule has 1 fully saturated rings. The highest BCUT2D eigenvalue weighted by molar-refractivity contribution is 7.11. The van der Waals surface area contributed by atoms with E-state index in [1.165, 1.54) is 29.1 Å². The normalized spacial score (nSPS) is 21.0. The molecule has 0 aromatic carbocycles. The van der Waals surface area contributed by atoms with Crippen molar-refractivity contribution in [2.24, 2.45) is 5.41 Å². The third-order valence-electron chi connectivity index (χ3n) is 4.47. The van der Waals surface area contributed by atoms with Crippen LogP contribution in [0.5, 0.6) is 0 Å². The van der Waals surface area contributed by atoms with Gasteiger partial charge in [-0.2, -0.15) is 0 Å². The first-order valence-corrected chi connectivity index (χ1v) is 8.54. The van der Waals surface area contributed by atoms with Gasteiger partial charge in [-0.15, -0.1) is 11.3 Å². The summed E-state index contributed by atoms with van der Waals surface area (Å²) < 4.78 is 5.92. The number of ether oxygens (including phenoxy) is 1. The molecule has 0 bridgehead atoms. The van der Waals surface area contributed by atoms with Crippen LogP contribution < -0.4 is 5.32 Å². The van der Waals surface area contributed by atoms with Gasteiger partial charge in [0.25, 0.3) is 0 Å². The van der Waals surface area contributed by atoms with Gasteiger partial charge in [0.05, 0.1) is 0 Å². The van der Waals surface area contributed by atoms with Crippen molar-refractivity contribution in [1.29, 1.82) is 0 Å². The smallest absolute Gasteiger partial charge is 0.125 e. The molecule has 3 nitrogen and oxygen atoms in total. The molecule has 0 spiro atoms. The topological polar surface area (TPSA) is 34.2 Å². The molecule has 2 rings (SSSR count). The molecule has 1 aliphatic carbocycles. The quantitative estimate of drug-likeness (QED) is 0.803. The van der Waals surface area contributed by atoms with Crippen LogP contribution in [0.3, 0.4) is 0 Å². The molecule has 1 aliphatic rings. The number of hydrogen-bond acceptors (Lipinski definition) is 4. The van der Waals surface area contributed by atoms with Gasteiger partial charge in [-0.1, -0.05) is 20.8 Å². The Morgan fingerprint density at radius 1 is 1.30 bits per heavy atom. The summed E-state index contributed by atoms with van der Waals surface area (Å²) in [6.45, 7) is 8.89. The first kappa shape index (κ1) is 15.9. The number of aromatic nitrogens is 1. The second-order valence-electron chi connectivity index (χ2n) is 6.67. The van der Waals surface area contributed by atoms with Gasteiger partial charge in [0.15, 0.2) is 0 Å². The Bertz CT molecular complexity index is 418. The highest BCUT2D eigenvalue weighted by Gasteiger charge is 2.41. The van der Waals surface area contributed by atoms with Gasteiger partial charge >= 0.3 is 0 Å². The van der Waals surface area contributed by atoms with E-state index in [2.05, 4.69) is 31.1 Å². The Kier molecular flexibility index (Phi) is 5.21. The van der Waals surface area contributed by atoms with Crippen molar-refractivity contribution < 1.29 is 4.74 Å². The zero-order valence-corrected chi connectivity index (χ0v) is 14.1. The van der Waals surface area contributed by atoms with Crippen LogP contribution in [0.2, 0.25) is 0 Å². The molecule has 4 heteroatoms. The van der Waals surface area contributed by atoms with Crippen molar-refractivity contribution in [3.8, 4) is 0 Å². The number of nitrogens with zero attached hydrogens (tertiary/aromatic N) is 1. The highest BCUT2D eigenvalue weighted by Crippen LogP contribution is 2.47. The highest BCUT2D eigenvalue weighted by atomic mass is 32.1. The van der Waals surface area contributed by atoms with Gasteiger partial charge in [0.1, 0.15) is 10.6 Å². The predicted molar refractivity (Wildman–Crippen MR) is 85.0 cm³/mol. The van der Waals surface area contributed by atoms with E-state index in [0.717, 1.165) is 25.9 Å². The van der Waals surface area contributed by atoms with Gasteiger partial charge in [-0.3, -0.25) is 0 Å². The minimum absolute atomic E-state index is 0.136. The van der Waals surface area contributed by atoms with Crippen LogP contribution >= 0.6 is 11.3 Å². The monoisotopic (exact) mass is 296 g/mol. The van der Waals surface area contributed by atoms with Crippen LogP contribution in [0.25, 0.3) is 0 Å². The first-order chi connectivity index (χ1) is 9.51. The van der Waals surface area contributed by atoms with Crippen molar-refractivity contribution in [3.63, 3.8) is 0 Å². The maximum absolute atomic E-state index is 5.92. The molecule has 0 radical (unpaired) electrons. The van der Waals surface area contributed by atoms with Crippen LogP contribution in [0.15, 0.2) is 6.20 Å². The van der Waals surface area contributed by atoms with E-state index < -0.39 is 0 Å². The Morgan fingerprint density at radius 2 is 2.00 bits per heavy atom. The molecule has 1 heterocycles. The summed E-state index contributed by atoms with van der Waals surface area (Å²) >= 11 is 1.81. The van der Waals surface area contributed by atoms with Gasteiger partial charge in [-0.25, -0.2) is 4.98 Å². The minimum atomic E-state index is -0.136. The summed E-state index contributed by atoms with van der Waals surface area (Å²) in [7, 11) is 1.84. The lowest BCUT2D eigenvalue weighted by molar-refractivity contribution is -0.0667. The van der Waals surface area contributed by atoms with E-state index in [4.69, 9.17) is 4.74 Å². The van der Waals surface area contributed by atoms with Crippen LogP contribution in [0.1, 0.15) is 62.8 Å². The van der Waals surface area contributed by atoms with Gasteiger partial charge < -0.3 is 10.1 Å². The molecule has 114 valence electrons. The Labute approximate surface area is 127 Å². The number of nitrogens with one attached hydrogen (secondary N) is 1. The van der Waals surface area contributed by atoms with Crippen LogP contribution in [0, 0.1) is 5.41 Å². The zero-order valence-electron chi connectivity index (χ0n) is 13.3. The first-order valence-electron chi connectivity index (χ1n) is 7.72. The molecule has 0 saturated heterocycles. The van der Waals surface area contributed by atoms with Crippen molar-refractivity contribution in [3.05, 3.63) is 16.1 Å². The lowest BCUT2D eigenvalue weighted by Crippen LogP contribution is -2.36. The largest absolute Gasteiger partial charge is 0.371 e. The maximum Gasteiger partial charge on any atom is 0.125 e. The summed E-state index contributed by atoms with van der Waals surface area (Å²) in [5, 5.41) is 4.61. The number of rotatable bonds is 6. The predicted octanol–water partition coefficient (Wildman–Crippen LogP) is 4.08. The molecule has 1 N–H and O–H groups in total. The van der Waals surface area contributed by atoms with E-state index >= 15 is 0 Å². The second-order valence-corrected chi connectivity index (χ2v) is 7.79. The Balaban J connectivity index is 2.05.